The van der Waals surface area contributed by atoms with Gasteiger partial charge in [0.2, 0.25) is 5.91 Å². The number of piperidine rings is 1. The number of methoxy groups -OCH3 is 1. The summed E-state index contributed by atoms with van der Waals surface area (Å²) in [6.45, 7) is 2.79. The number of imidazole rings is 1. The van der Waals surface area contributed by atoms with Gasteiger partial charge in [0.1, 0.15) is 16.9 Å². The Labute approximate surface area is 276 Å². The molecule has 3 fully saturated rings. The minimum absolute atomic E-state index is 0.00905. The van der Waals surface area contributed by atoms with Crippen molar-refractivity contribution in [1.29, 1.82) is 0 Å². The Morgan fingerprint density at radius 3 is 2.52 bits per heavy atom. The van der Waals surface area contributed by atoms with E-state index in [0.717, 1.165) is 60.3 Å². The quantitative estimate of drug-likeness (QED) is 0.215. The summed E-state index contributed by atoms with van der Waals surface area (Å²) in [6, 6.07) is 14.6. The van der Waals surface area contributed by atoms with E-state index >= 15 is 0 Å². The number of aromatic carboxylic acids is 1. The monoisotopic (exact) mass is 647 g/mol. The third kappa shape index (κ3) is 4.90. The number of nitrogens with zero attached hydrogens (tertiary/aromatic N) is 5. The van der Waals surface area contributed by atoms with Crippen molar-refractivity contribution in [3.63, 3.8) is 0 Å². The highest BCUT2D eigenvalue weighted by Gasteiger charge is 2.47. The molecule has 5 aromatic rings. The second kappa shape index (κ2) is 11.2. The summed E-state index contributed by atoms with van der Waals surface area (Å²) in [5.41, 5.74) is 11.5. The SMILES string of the molecule is COc1cc(C(=O)N2CC3CCC2[C@@H]3N)cc2nc(-c3cc4ccc(-c5ccc(NC(C)=O)c(C(=O)O)c5)nc4n3CC3CC3)n(C)c12. The van der Waals surface area contributed by atoms with Gasteiger partial charge in [-0.05, 0) is 80.0 Å². The Balaban J connectivity index is 1.22. The Morgan fingerprint density at radius 1 is 1.04 bits per heavy atom. The maximum Gasteiger partial charge on any atom is 0.337 e. The van der Waals surface area contributed by atoms with E-state index in [0.29, 0.717) is 46.5 Å². The molecule has 12 nitrogen and oxygen atoms in total. The lowest BCUT2D eigenvalue weighted by Crippen LogP contribution is -2.41. The van der Waals surface area contributed by atoms with Crippen LogP contribution in [-0.2, 0) is 18.4 Å². The van der Waals surface area contributed by atoms with Crippen LogP contribution in [0.3, 0.4) is 0 Å². The van der Waals surface area contributed by atoms with Crippen LogP contribution in [-0.4, -0.2) is 72.6 Å². The molecule has 4 N–H and O–H groups in total. The normalized spacial score (nSPS) is 20.2. The van der Waals surface area contributed by atoms with Gasteiger partial charge in [0.25, 0.3) is 5.91 Å². The molecular weight excluding hydrogens is 610 g/mol. The summed E-state index contributed by atoms with van der Waals surface area (Å²) in [6.07, 6.45) is 4.28. The van der Waals surface area contributed by atoms with Crippen LogP contribution in [0.25, 0.3) is 44.8 Å². The Hall–Kier alpha value is -5.23. The van der Waals surface area contributed by atoms with Crippen molar-refractivity contribution >= 4 is 45.5 Å². The molecule has 12 heteroatoms. The molecule has 2 bridgehead atoms. The van der Waals surface area contributed by atoms with Gasteiger partial charge in [-0.3, -0.25) is 9.59 Å². The Bertz CT molecular complexity index is 2160. The van der Waals surface area contributed by atoms with Crippen LogP contribution in [0, 0.1) is 11.8 Å². The van der Waals surface area contributed by atoms with Gasteiger partial charge in [-0.15, -0.1) is 0 Å². The number of nitrogens with two attached hydrogens (primary N) is 1. The topological polar surface area (TPSA) is 158 Å². The number of hydrogen-bond donors (Lipinski definition) is 3. The number of rotatable bonds is 8. The van der Waals surface area contributed by atoms with Crippen LogP contribution in [0.2, 0.25) is 0 Å². The van der Waals surface area contributed by atoms with E-state index in [-0.39, 0.29) is 35.1 Å². The van der Waals surface area contributed by atoms with Crippen molar-refractivity contribution in [2.45, 2.75) is 51.2 Å². The predicted molar refractivity (Wildman–Crippen MR) is 181 cm³/mol. The number of pyridine rings is 1. The molecule has 3 aliphatic rings. The third-order valence-electron chi connectivity index (χ3n) is 10.3. The summed E-state index contributed by atoms with van der Waals surface area (Å²) in [5.74, 6) is 0.656. The van der Waals surface area contributed by atoms with Crippen molar-refractivity contribution in [1.82, 2.24) is 24.0 Å². The standard InChI is InChI=1S/C36H37N7O5/c1-18(44)38-26-10-6-20(12-24(26)36(46)47)25-9-7-21-14-29(42(33(21)39-25)16-19-4-5-19)34-40-27-13-23(15-30(48-3)32(27)41(34)2)35(45)43-17-22-8-11-28(43)31(22)37/h6-7,9-10,12-15,19,22,28,31H,4-5,8,11,16-17,37H2,1-3H3,(H,38,44)(H,46,47)/t22?,28?,31-/m1/s1. The molecular formula is C36H37N7O5. The molecule has 2 amide bonds. The van der Waals surface area contributed by atoms with Crippen LogP contribution in [0.1, 0.15) is 53.3 Å². The molecule has 2 aromatic carbocycles. The van der Waals surface area contributed by atoms with Crippen LogP contribution >= 0.6 is 0 Å². The largest absolute Gasteiger partial charge is 0.494 e. The molecule has 0 radical (unpaired) electrons. The van der Waals surface area contributed by atoms with Crippen LogP contribution in [0.4, 0.5) is 5.69 Å². The minimum Gasteiger partial charge on any atom is -0.494 e. The van der Waals surface area contributed by atoms with Crippen molar-refractivity contribution in [2.75, 3.05) is 19.0 Å². The lowest BCUT2D eigenvalue weighted by molar-refractivity contribution is -0.114. The highest BCUT2D eigenvalue weighted by molar-refractivity contribution is 6.02. The van der Waals surface area contributed by atoms with Crippen molar-refractivity contribution in [3.05, 3.63) is 59.7 Å². The second-order valence-electron chi connectivity index (χ2n) is 13.4. The number of carboxylic acids is 1. The highest BCUT2D eigenvalue weighted by Crippen LogP contribution is 2.40. The predicted octanol–water partition coefficient (Wildman–Crippen LogP) is 4.89. The van der Waals surface area contributed by atoms with Crippen LogP contribution < -0.4 is 15.8 Å². The van der Waals surface area contributed by atoms with Gasteiger partial charge < -0.3 is 34.9 Å². The molecule has 246 valence electrons. The van der Waals surface area contributed by atoms with Gasteiger partial charge in [0.15, 0.2) is 5.82 Å². The average molecular weight is 648 g/mol. The first kappa shape index (κ1) is 30.1. The van der Waals surface area contributed by atoms with Crippen LogP contribution in [0.5, 0.6) is 5.75 Å². The lowest BCUT2D eigenvalue weighted by Gasteiger charge is -2.27. The average Bonchev–Trinajstić information content (AvgIpc) is 3.47. The summed E-state index contributed by atoms with van der Waals surface area (Å²) < 4.78 is 10.0. The number of likely N-dealkylation sites (tertiary alicyclic amines) is 1. The van der Waals surface area contributed by atoms with Gasteiger partial charge in [-0.25, -0.2) is 14.8 Å². The molecule has 3 atom stereocenters. The van der Waals surface area contributed by atoms with Gasteiger partial charge in [0.05, 0.1) is 35.3 Å². The fraction of sp³-hybridized carbons (Fsp3) is 0.361. The molecule has 48 heavy (non-hydrogen) atoms. The zero-order valence-electron chi connectivity index (χ0n) is 27.1. The van der Waals surface area contributed by atoms with Crippen molar-refractivity contribution in [3.8, 4) is 28.5 Å². The summed E-state index contributed by atoms with van der Waals surface area (Å²) >= 11 is 0. The van der Waals surface area contributed by atoms with Crippen molar-refractivity contribution < 1.29 is 24.2 Å². The zero-order valence-corrected chi connectivity index (χ0v) is 27.1. The van der Waals surface area contributed by atoms with Crippen LogP contribution in [0.15, 0.2) is 48.5 Å². The minimum atomic E-state index is -1.14. The lowest BCUT2D eigenvalue weighted by atomic mass is 10.0. The molecule has 1 saturated heterocycles. The number of carboxylic acid groups (broad SMARTS) is 1. The molecule has 0 spiro atoms. The summed E-state index contributed by atoms with van der Waals surface area (Å²) in [7, 11) is 3.56. The summed E-state index contributed by atoms with van der Waals surface area (Å²) in [4.78, 5) is 49.5. The summed E-state index contributed by atoms with van der Waals surface area (Å²) in [5, 5.41) is 13.4. The molecule has 2 aliphatic carbocycles. The number of hydrogen-bond acceptors (Lipinski definition) is 7. The van der Waals surface area contributed by atoms with Gasteiger partial charge in [-0.1, -0.05) is 6.07 Å². The first-order valence-corrected chi connectivity index (χ1v) is 16.4. The number of fused-ring (bicyclic) bond motifs is 4. The third-order valence-corrected chi connectivity index (χ3v) is 10.3. The number of aryl methyl sites for hydroxylation is 1. The molecule has 3 aromatic heterocycles. The smallest absolute Gasteiger partial charge is 0.337 e. The number of ether oxygens (including phenoxy) is 1. The fourth-order valence-corrected chi connectivity index (χ4v) is 7.66. The Kier molecular flexibility index (Phi) is 7.02. The maximum absolute atomic E-state index is 13.7. The van der Waals surface area contributed by atoms with Crippen molar-refractivity contribution in [2.24, 2.45) is 24.6 Å². The van der Waals surface area contributed by atoms with E-state index in [9.17, 15) is 19.5 Å². The molecule has 2 unspecified atom stereocenters. The number of carbonyl (C=O) groups excluding carboxylic acids is 2. The van der Waals surface area contributed by atoms with Gasteiger partial charge in [-0.2, -0.15) is 0 Å². The zero-order chi connectivity index (χ0) is 33.4. The molecule has 1 aliphatic heterocycles. The van der Waals surface area contributed by atoms with E-state index in [4.69, 9.17) is 20.4 Å². The molecule has 4 heterocycles. The Morgan fingerprint density at radius 2 is 1.85 bits per heavy atom. The number of aromatic nitrogens is 4. The molecule has 8 rings (SSSR count). The fourth-order valence-electron chi connectivity index (χ4n) is 7.66. The van der Waals surface area contributed by atoms with E-state index in [2.05, 4.69) is 16.0 Å². The van der Waals surface area contributed by atoms with E-state index in [1.54, 1.807) is 19.2 Å². The number of anilines is 1. The van der Waals surface area contributed by atoms with Gasteiger partial charge >= 0.3 is 5.97 Å². The number of carbonyl (C=O) groups is 3. The number of nitrogens with one attached hydrogen (secondary N) is 1. The second-order valence-corrected chi connectivity index (χ2v) is 13.4. The first-order chi connectivity index (χ1) is 23.1. The first-order valence-electron chi connectivity index (χ1n) is 16.4. The van der Waals surface area contributed by atoms with E-state index < -0.39 is 5.97 Å². The number of amides is 2. The number of benzene rings is 2. The maximum atomic E-state index is 13.7. The van der Waals surface area contributed by atoms with Gasteiger partial charge in [0, 0.05) is 55.7 Å². The molecule has 2 saturated carbocycles. The highest BCUT2D eigenvalue weighted by atomic mass is 16.5. The van der Waals surface area contributed by atoms with E-state index in [1.807, 2.05) is 40.8 Å². The van der Waals surface area contributed by atoms with E-state index in [1.165, 1.54) is 13.0 Å².